The minimum absolute atomic E-state index is 0.0375. The first-order valence-electron chi connectivity index (χ1n) is 10.1. The number of morpholine rings is 1. The van der Waals surface area contributed by atoms with E-state index in [0.717, 1.165) is 5.39 Å². The topological polar surface area (TPSA) is 102 Å². The number of ether oxygens (including phenoxy) is 1. The molecule has 1 aliphatic heterocycles. The number of hydrogen-bond acceptors (Lipinski definition) is 7. The highest BCUT2D eigenvalue weighted by Gasteiger charge is 2.28. The number of carbonyl (C=O) groups is 2. The van der Waals surface area contributed by atoms with Crippen molar-refractivity contribution in [1.82, 2.24) is 24.6 Å². The SMILES string of the molecule is O=C(Nc1nccs1)c1cc(C2CN(C(=O)Cn3cccn3)CCO2)nc2ccccc12. The number of nitrogens with one attached hydrogen (secondary N) is 1. The average Bonchev–Trinajstić information content (AvgIpc) is 3.53. The number of amides is 2. The smallest absolute Gasteiger partial charge is 0.258 e. The van der Waals surface area contributed by atoms with E-state index in [1.807, 2.05) is 24.3 Å². The number of fused-ring (bicyclic) bond motifs is 1. The van der Waals surface area contributed by atoms with Crippen molar-refractivity contribution in [3.63, 3.8) is 0 Å². The van der Waals surface area contributed by atoms with Crippen molar-refractivity contribution < 1.29 is 14.3 Å². The zero-order chi connectivity index (χ0) is 21.9. The summed E-state index contributed by atoms with van der Waals surface area (Å²) < 4.78 is 7.55. The second-order valence-corrected chi connectivity index (χ2v) is 8.20. The molecular weight excluding hydrogens is 428 g/mol. The van der Waals surface area contributed by atoms with E-state index in [1.165, 1.54) is 11.3 Å². The summed E-state index contributed by atoms with van der Waals surface area (Å²) in [4.78, 5) is 36.4. The first-order chi connectivity index (χ1) is 15.7. The maximum atomic E-state index is 13.0. The van der Waals surface area contributed by atoms with Gasteiger partial charge in [0.2, 0.25) is 5.91 Å². The molecular formula is C22H20N6O3S. The van der Waals surface area contributed by atoms with Crippen LogP contribution in [-0.2, 0) is 16.1 Å². The highest BCUT2D eigenvalue weighted by molar-refractivity contribution is 7.13. The molecule has 1 saturated heterocycles. The van der Waals surface area contributed by atoms with Crippen LogP contribution in [0.5, 0.6) is 0 Å². The minimum Gasteiger partial charge on any atom is -0.368 e. The molecule has 0 spiro atoms. The van der Waals surface area contributed by atoms with E-state index in [4.69, 9.17) is 9.72 Å². The highest BCUT2D eigenvalue weighted by Crippen LogP contribution is 2.27. The fourth-order valence-corrected chi connectivity index (χ4v) is 4.21. The molecule has 162 valence electrons. The Kier molecular flexibility index (Phi) is 5.61. The monoisotopic (exact) mass is 448 g/mol. The minimum atomic E-state index is -0.429. The van der Waals surface area contributed by atoms with Gasteiger partial charge in [-0.15, -0.1) is 11.3 Å². The largest absolute Gasteiger partial charge is 0.368 e. The summed E-state index contributed by atoms with van der Waals surface area (Å²) >= 11 is 1.35. The molecule has 4 heterocycles. The van der Waals surface area contributed by atoms with E-state index >= 15 is 0 Å². The molecule has 1 atom stereocenters. The van der Waals surface area contributed by atoms with E-state index in [1.54, 1.807) is 45.7 Å². The van der Waals surface area contributed by atoms with E-state index in [2.05, 4.69) is 15.4 Å². The van der Waals surface area contributed by atoms with Crippen molar-refractivity contribution in [3.8, 4) is 0 Å². The summed E-state index contributed by atoms with van der Waals surface area (Å²) in [6.07, 6.45) is 4.61. The zero-order valence-electron chi connectivity index (χ0n) is 17.0. The Labute approximate surface area is 187 Å². The van der Waals surface area contributed by atoms with Gasteiger partial charge in [0.1, 0.15) is 12.6 Å². The van der Waals surface area contributed by atoms with Crippen LogP contribution in [0.3, 0.4) is 0 Å². The molecule has 0 saturated carbocycles. The Morgan fingerprint density at radius 3 is 2.94 bits per heavy atom. The summed E-state index contributed by atoms with van der Waals surface area (Å²) in [6, 6.07) is 11.0. The number of hydrogen-bond donors (Lipinski definition) is 1. The molecule has 0 aliphatic carbocycles. The van der Waals surface area contributed by atoms with Crippen molar-refractivity contribution in [3.05, 3.63) is 71.6 Å². The third kappa shape index (κ3) is 4.23. The molecule has 3 aromatic heterocycles. The van der Waals surface area contributed by atoms with Gasteiger partial charge < -0.3 is 9.64 Å². The van der Waals surface area contributed by atoms with E-state index in [9.17, 15) is 9.59 Å². The van der Waals surface area contributed by atoms with Crippen molar-refractivity contribution in [2.45, 2.75) is 12.6 Å². The summed E-state index contributed by atoms with van der Waals surface area (Å²) in [5.41, 5.74) is 1.80. The maximum Gasteiger partial charge on any atom is 0.258 e. The lowest BCUT2D eigenvalue weighted by Gasteiger charge is -2.33. The Morgan fingerprint density at radius 1 is 1.22 bits per heavy atom. The number of para-hydroxylation sites is 1. The molecule has 1 unspecified atom stereocenters. The Hall–Kier alpha value is -3.63. The molecule has 0 bridgehead atoms. The van der Waals surface area contributed by atoms with E-state index in [-0.39, 0.29) is 18.4 Å². The molecule has 1 N–H and O–H groups in total. The van der Waals surface area contributed by atoms with Crippen molar-refractivity contribution >= 4 is 39.2 Å². The van der Waals surface area contributed by atoms with E-state index < -0.39 is 6.10 Å². The van der Waals surface area contributed by atoms with Gasteiger partial charge in [-0.3, -0.25) is 19.6 Å². The Balaban J connectivity index is 1.42. The quantitative estimate of drug-likeness (QED) is 0.504. The number of nitrogens with zero attached hydrogens (tertiary/aromatic N) is 5. The summed E-state index contributed by atoms with van der Waals surface area (Å²) in [5.74, 6) is -0.299. The molecule has 1 fully saturated rings. The van der Waals surface area contributed by atoms with Crippen molar-refractivity contribution in [2.24, 2.45) is 0 Å². The van der Waals surface area contributed by atoms with Crippen LogP contribution in [0.1, 0.15) is 22.2 Å². The normalized spacial score (nSPS) is 16.2. The van der Waals surface area contributed by atoms with Crippen LogP contribution >= 0.6 is 11.3 Å². The fourth-order valence-electron chi connectivity index (χ4n) is 3.69. The number of rotatable bonds is 5. The van der Waals surface area contributed by atoms with Crippen LogP contribution in [0.25, 0.3) is 10.9 Å². The van der Waals surface area contributed by atoms with Gasteiger partial charge >= 0.3 is 0 Å². The van der Waals surface area contributed by atoms with Crippen LogP contribution in [0.4, 0.5) is 5.13 Å². The second-order valence-electron chi connectivity index (χ2n) is 7.31. The van der Waals surface area contributed by atoms with Crippen LogP contribution < -0.4 is 5.32 Å². The summed E-state index contributed by atoms with van der Waals surface area (Å²) in [7, 11) is 0. The molecule has 1 aromatic carbocycles. The van der Waals surface area contributed by atoms with Gasteiger partial charge in [-0.2, -0.15) is 5.10 Å². The first kappa shape index (κ1) is 20.3. The predicted molar refractivity (Wildman–Crippen MR) is 119 cm³/mol. The van der Waals surface area contributed by atoms with Crippen molar-refractivity contribution in [1.29, 1.82) is 0 Å². The van der Waals surface area contributed by atoms with Crippen LogP contribution in [-0.4, -0.2) is 56.2 Å². The number of pyridine rings is 1. The Morgan fingerprint density at radius 2 is 2.12 bits per heavy atom. The third-order valence-corrected chi connectivity index (χ3v) is 5.93. The lowest BCUT2D eigenvalue weighted by molar-refractivity contribution is -0.140. The van der Waals surface area contributed by atoms with Gasteiger partial charge in [0.15, 0.2) is 5.13 Å². The lowest BCUT2D eigenvalue weighted by Crippen LogP contribution is -2.44. The number of anilines is 1. The molecule has 1 aliphatic rings. The number of benzene rings is 1. The van der Waals surface area contributed by atoms with Gasteiger partial charge in [0.25, 0.3) is 5.91 Å². The summed E-state index contributed by atoms with van der Waals surface area (Å²) in [5, 5.41) is 10.0. The molecule has 32 heavy (non-hydrogen) atoms. The molecule has 5 rings (SSSR count). The van der Waals surface area contributed by atoms with Crippen LogP contribution in [0.2, 0.25) is 0 Å². The highest BCUT2D eigenvalue weighted by atomic mass is 32.1. The van der Waals surface area contributed by atoms with E-state index in [0.29, 0.717) is 41.6 Å². The molecule has 9 nitrogen and oxygen atoms in total. The number of carbonyl (C=O) groups excluding carboxylic acids is 2. The van der Waals surface area contributed by atoms with Gasteiger partial charge in [0.05, 0.1) is 29.9 Å². The van der Waals surface area contributed by atoms with Crippen molar-refractivity contribution in [2.75, 3.05) is 25.0 Å². The standard InChI is InChI=1S/C22H20N6O3S/c29-20(14-28-8-3-6-24-28)27-9-10-31-19(13-27)18-12-16(15-4-1-2-5-17(15)25-18)21(30)26-22-23-7-11-32-22/h1-8,11-12,19H,9-10,13-14H2,(H,23,26,30). The first-order valence-corrected chi connectivity index (χ1v) is 11.0. The van der Waals surface area contributed by atoms with Crippen LogP contribution in [0.15, 0.2) is 60.4 Å². The maximum absolute atomic E-state index is 13.0. The number of aromatic nitrogens is 4. The third-order valence-electron chi connectivity index (χ3n) is 5.24. The zero-order valence-corrected chi connectivity index (χ0v) is 17.9. The molecule has 4 aromatic rings. The van der Waals surface area contributed by atoms with Gasteiger partial charge in [-0.1, -0.05) is 18.2 Å². The molecule has 10 heteroatoms. The molecule has 2 amide bonds. The predicted octanol–water partition coefficient (Wildman–Crippen LogP) is 2.74. The second kappa shape index (κ2) is 8.85. The van der Waals surface area contributed by atoms with Crippen LogP contribution in [0, 0.1) is 0 Å². The lowest BCUT2D eigenvalue weighted by atomic mass is 10.0. The van der Waals surface area contributed by atoms with Gasteiger partial charge in [-0.25, -0.2) is 9.97 Å². The van der Waals surface area contributed by atoms with Gasteiger partial charge in [0, 0.05) is 35.9 Å². The number of thiazole rings is 1. The Bertz CT molecular complexity index is 1240. The average molecular weight is 449 g/mol. The molecule has 0 radical (unpaired) electrons. The van der Waals surface area contributed by atoms with Gasteiger partial charge in [-0.05, 0) is 18.2 Å². The summed E-state index contributed by atoms with van der Waals surface area (Å²) in [6.45, 7) is 1.43. The fraction of sp³-hybridized carbons (Fsp3) is 0.227.